The molecule has 1 aliphatic rings. The Morgan fingerprint density at radius 1 is 1.35 bits per heavy atom. The minimum atomic E-state index is -2.00. The van der Waals surface area contributed by atoms with Crippen LogP contribution in [0.2, 0.25) is 0 Å². The van der Waals surface area contributed by atoms with Gasteiger partial charge in [-0.2, -0.15) is 0 Å². The lowest BCUT2D eigenvalue weighted by molar-refractivity contribution is -0.243. The van der Waals surface area contributed by atoms with Crippen LogP contribution in [0.4, 0.5) is 0 Å². The maximum Gasteiger partial charge on any atom is 0.195 e. The molecule has 1 heterocycles. The maximum absolute atomic E-state index is 11.9. The number of carbonyl (C=O) groups is 1. The average molecular weight is 364 g/mol. The molecule has 1 aromatic carbocycles. The van der Waals surface area contributed by atoms with Crippen molar-refractivity contribution in [2.45, 2.75) is 57.7 Å². The zero-order valence-corrected chi connectivity index (χ0v) is 15.6. The molecule has 1 fully saturated rings. The summed E-state index contributed by atoms with van der Waals surface area (Å²) < 4.78 is 17.3. The van der Waals surface area contributed by atoms with Gasteiger partial charge in [0.1, 0.15) is 12.4 Å². The number of rotatable bonds is 8. The number of benzene rings is 1. The summed E-state index contributed by atoms with van der Waals surface area (Å²) in [5, 5.41) is 19.6. The number of hydrogen-bond acceptors (Lipinski definition) is 6. The third kappa shape index (κ3) is 4.92. The smallest absolute Gasteiger partial charge is 0.195 e. The lowest BCUT2D eigenvalue weighted by Crippen LogP contribution is -2.48. The number of Topliss-reactive ketones (excluding diaryl/α,β-unsaturated/α-hetero) is 1. The van der Waals surface area contributed by atoms with Gasteiger partial charge in [-0.15, -0.1) is 0 Å². The number of aliphatic hydroxyl groups excluding tert-OH is 1. The Balaban J connectivity index is 2.01. The lowest BCUT2D eigenvalue weighted by Gasteiger charge is -2.34. The van der Waals surface area contributed by atoms with E-state index in [1.165, 1.54) is 6.92 Å². The van der Waals surface area contributed by atoms with Crippen LogP contribution in [0.1, 0.15) is 45.5 Å². The third-order valence-corrected chi connectivity index (χ3v) is 4.42. The fraction of sp³-hybridized carbons (Fsp3) is 0.550. The maximum atomic E-state index is 11.9. The standard InChI is InChI=1S/C20H28O6/c1-5-16-10-14(4)25-19(26-16)15-6-8-17(9-7-15)24-12-20(23,11-21)18(22)13(2)3/h6-9,14,16,19,21,23H,2,5,10-12H2,1,3-4H3. The molecule has 0 spiro atoms. The molecule has 0 saturated carbocycles. The molecule has 26 heavy (non-hydrogen) atoms. The predicted octanol–water partition coefficient (Wildman–Crippen LogP) is 2.54. The summed E-state index contributed by atoms with van der Waals surface area (Å²) >= 11 is 0. The Hall–Kier alpha value is -1.73. The van der Waals surface area contributed by atoms with Crippen LogP contribution in [0.25, 0.3) is 0 Å². The molecule has 1 saturated heterocycles. The molecule has 4 unspecified atom stereocenters. The summed E-state index contributed by atoms with van der Waals surface area (Å²) in [6.45, 7) is 8.00. The van der Waals surface area contributed by atoms with Crippen molar-refractivity contribution in [2.75, 3.05) is 13.2 Å². The molecule has 1 aromatic rings. The monoisotopic (exact) mass is 364 g/mol. The van der Waals surface area contributed by atoms with Gasteiger partial charge in [-0.05, 0) is 44.4 Å². The summed E-state index contributed by atoms with van der Waals surface area (Å²) in [5.41, 5.74) is -0.964. The minimum Gasteiger partial charge on any atom is -0.490 e. The number of aliphatic hydroxyl groups is 2. The van der Waals surface area contributed by atoms with Gasteiger partial charge in [0, 0.05) is 5.56 Å². The number of carbonyl (C=O) groups excluding carboxylic acids is 1. The summed E-state index contributed by atoms with van der Waals surface area (Å²) in [6.07, 6.45) is 1.69. The van der Waals surface area contributed by atoms with Gasteiger partial charge in [0.25, 0.3) is 0 Å². The molecule has 0 radical (unpaired) electrons. The molecule has 2 N–H and O–H groups in total. The van der Waals surface area contributed by atoms with Gasteiger partial charge in [-0.25, -0.2) is 0 Å². The van der Waals surface area contributed by atoms with E-state index in [0.29, 0.717) is 5.75 Å². The molecule has 6 heteroatoms. The van der Waals surface area contributed by atoms with Crippen molar-refractivity contribution in [2.24, 2.45) is 0 Å². The van der Waals surface area contributed by atoms with E-state index in [1.807, 2.05) is 19.1 Å². The number of hydrogen-bond donors (Lipinski definition) is 2. The Morgan fingerprint density at radius 3 is 2.54 bits per heavy atom. The van der Waals surface area contributed by atoms with Gasteiger partial charge in [0.2, 0.25) is 0 Å². The molecule has 6 nitrogen and oxygen atoms in total. The molecule has 0 aliphatic carbocycles. The van der Waals surface area contributed by atoms with Crippen LogP contribution in [0.3, 0.4) is 0 Å². The highest BCUT2D eigenvalue weighted by atomic mass is 16.7. The van der Waals surface area contributed by atoms with Gasteiger partial charge < -0.3 is 24.4 Å². The summed E-state index contributed by atoms with van der Waals surface area (Å²) in [4.78, 5) is 11.9. The first-order valence-corrected chi connectivity index (χ1v) is 8.86. The molecule has 0 aromatic heterocycles. The molecule has 0 bridgehead atoms. The second-order valence-electron chi connectivity index (χ2n) is 6.84. The van der Waals surface area contributed by atoms with E-state index in [4.69, 9.17) is 14.2 Å². The van der Waals surface area contributed by atoms with E-state index >= 15 is 0 Å². The quantitative estimate of drug-likeness (QED) is 0.690. The van der Waals surface area contributed by atoms with Crippen molar-refractivity contribution in [1.82, 2.24) is 0 Å². The molecular formula is C20H28O6. The second-order valence-corrected chi connectivity index (χ2v) is 6.84. The average Bonchev–Trinajstić information content (AvgIpc) is 2.65. The van der Waals surface area contributed by atoms with Gasteiger partial charge >= 0.3 is 0 Å². The Kier molecular flexibility index (Phi) is 6.94. The first kappa shape index (κ1) is 20.6. The van der Waals surface area contributed by atoms with Crippen molar-refractivity contribution >= 4 is 5.78 Å². The fourth-order valence-electron chi connectivity index (χ4n) is 2.82. The molecule has 1 aliphatic heterocycles. The van der Waals surface area contributed by atoms with Crippen LogP contribution in [0.15, 0.2) is 36.4 Å². The van der Waals surface area contributed by atoms with E-state index in [-0.39, 0.29) is 24.4 Å². The Labute approximate surface area is 154 Å². The number of ether oxygens (including phenoxy) is 3. The van der Waals surface area contributed by atoms with E-state index < -0.39 is 24.3 Å². The Bertz CT molecular complexity index is 626. The first-order chi connectivity index (χ1) is 12.3. The van der Waals surface area contributed by atoms with Gasteiger partial charge in [-0.1, -0.05) is 25.6 Å². The van der Waals surface area contributed by atoms with E-state index in [2.05, 4.69) is 13.5 Å². The summed E-state index contributed by atoms with van der Waals surface area (Å²) in [5.74, 6) is -0.175. The van der Waals surface area contributed by atoms with E-state index in [1.54, 1.807) is 12.1 Å². The predicted molar refractivity (Wildman–Crippen MR) is 96.9 cm³/mol. The minimum absolute atomic E-state index is 0.127. The summed E-state index contributed by atoms with van der Waals surface area (Å²) in [7, 11) is 0. The molecule has 2 rings (SSSR count). The molecule has 4 atom stereocenters. The largest absolute Gasteiger partial charge is 0.490 e. The van der Waals surface area contributed by atoms with Crippen molar-refractivity contribution < 1.29 is 29.2 Å². The molecular weight excluding hydrogens is 336 g/mol. The fourth-order valence-corrected chi connectivity index (χ4v) is 2.82. The highest BCUT2D eigenvalue weighted by Crippen LogP contribution is 2.31. The van der Waals surface area contributed by atoms with Gasteiger partial charge in [-0.3, -0.25) is 4.79 Å². The number of ketones is 1. The highest BCUT2D eigenvalue weighted by molar-refractivity contribution is 6.01. The third-order valence-electron chi connectivity index (χ3n) is 4.42. The van der Waals surface area contributed by atoms with Crippen molar-refractivity contribution in [3.8, 4) is 5.75 Å². The normalized spacial score (nSPS) is 25.3. The molecule has 0 amide bonds. The van der Waals surface area contributed by atoms with Crippen LogP contribution in [-0.4, -0.2) is 47.0 Å². The van der Waals surface area contributed by atoms with E-state index in [0.717, 1.165) is 18.4 Å². The second kappa shape index (κ2) is 8.77. The van der Waals surface area contributed by atoms with Crippen molar-refractivity contribution in [3.63, 3.8) is 0 Å². The first-order valence-electron chi connectivity index (χ1n) is 8.86. The summed E-state index contributed by atoms with van der Waals surface area (Å²) in [6, 6.07) is 7.07. The van der Waals surface area contributed by atoms with Gasteiger partial charge in [0.15, 0.2) is 17.7 Å². The zero-order valence-electron chi connectivity index (χ0n) is 15.6. The topological polar surface area (TPSA) is 85.2 Å². The van der Waals surface area contributed by atoms with E-state index in [9.17, 15) is 15.0 Å². The van der Waals surface area contributed by atoms with Crippen molar-refractivity contribution in [3.05, 3.63) is 42.0 Å². The lowest BCUT2D eigenvalue weighted by atomic mass is 9.96. The van der Waals surface area contributed by atoms with Crippen LogP contribution in [-0.2, 0) is 14.3 Å². The van der Waals surface area contributed by atoms with Crippen LogP contribution in [0, 0.1) is 0 Å². The van der Waals surface area contributed by atoms with Crippen molar-refractivity contribution in [1.29, 1.82) is 0 Å². The zero-order chi connectivity index (χ0) is 19.3. The van der Waals surface area contributed by atoms with Crippen LogP contribution in [0.5, 0.6) is 5.75 Å². The highest BCUT2D eigenvalue weighted by Gasteiger charge is 2.36. The van der Waals surface area contributed by atoms with Crippen LogP contribution < -0.4 is 4.74 Å². The SMILES string of the molecule is C=C(C)C(=O)C(O)(CO)COc1ccc(C2OC(C)CC(CC)O2)cc1. The molecule has 144 valence electrons. The Morgan fingerprint density at radius 2 is 2.00 bits per heavy atom. The van der Waals surface area contributed by atoms with Gasteiger partial charge in [0.05, 0.1) is 18.8 Å². The van der Waals surface area contributed by atoms with Crippen LogP contribution >= 0.6 is 0 Å².